The number of aromatic amines is 1. The number of H-pyrrole nitrogens is 1. The molecule has 14 heavy (non-hydrogen) atoms. The highest BCUT2D eigenvalue weighted by atomic mass is 79.9. The van der Waals surface area contributed by atoms with E-state index in [1.54, 1.807) is 6.07 Å². The molecule has 0 aliphatic rings. The van der Waals surface area contributed by atoms with Crippen LogP contribution in [-0.4, -0.2) is 20.2 Å². The molecule has 1 N–H and O–H groups in total. The van der Waals surface area contributed by atoms with Crippen LogP contribution in [0.25, 0.3) is 5.69 Å². The quantitative estimate of drug-likeness (QED) is 0.812. The predicted molar refractivity (Wildman–Crippen MR) is 54.2 cm³/mol. The van der Waals surface area contributed by atoms with E-state index in [-0.39, 0.29) is 10.6 Å². The molecule has 2 rings (SSSR count). The van der Waals surface area contributed by atoms with Crippen molar-refractivity contribution in [3.05, 3.63) is 33.3 Å². The van der Waals surface area contributed by atoms with Gasteiger partial charge in [-0.1, -0.05) is 10.3 Å². The van der Waals surface area contributed by atoms with E-state index < -0.39 is 0 Å². The SMILES string of the molecule is Fc1ccc(Br)c(-n2[nH]nnc2=S)c1. The smallest absolute Gasteiger partial charge is 0.208 e. The Labute approximate surface area is 91.9 Å². The fourth-order valence-corrected chi connectivity index (χ4v) is 1.62. The normalized spacial score (nSPS) is 10.4. The Bertz CT molecular complexity index is 520. The summed E-state index contributed by atoms with van der Waals surface area (Å²) < 4.78 is 15.3. The van der Waals surface area contributed by atoms with Gasteiger partial charge in [-0.2, -0.15) is 5.21 Å². The third-order valence-corrected chi connectivity index (χ3v) is 2.56. The zero-order valence-corrected chi connectivity index (χ0v) is 9.14. The number of hydrogen-bond acceptors (Lipinski definition) is 3. The Morgan fingerprint density at radius 1 is 1.50 bits per heavy atom. The zero-order chi connectivity index (χ0) is 10.1. The van der Waals surface area contributed by atoms with Gasteiger partial charge in [-0.15, -0.1) is 0 Å². The maximum Gasteiger partial charge on any atom is 0.242 e. The Morgan fingerprint density at radius 2 is 2.29 bits per heavy atom. The van der Waals surface area contributed by atoms with Gasteiger partial charge in [0.25, 0.3) is 0 Å². The van der Waals surface area contributed by atoms with Gasteiger partial charge in [0.1, 0.15) is 5.82 Å². The molecule has 1 aromatic heterocycles. The Balaban J connectivity index is 2.68. The molecule has 7 heteroatoms. The van der Waals surface area contributed by atoms with E-state index in [1.165, 1.54) is 16.8 Å². The van der Waals surface area contributed by atoms with Crippen molar-refractivity contribution in [2.45, 2.75) is 0 Å². The first-order valence-corrected chi connectivity index (χ1v) is 4.84. The monoisotopic (exact) mass is 274 g/mol. The zero-order valence-electron chi connectivity index (χ0n) is 6.74. The molecule has 1 heterocycles. The summed E-state index contributed by atoms with van der Waals surface area (Å²) in [6.07, 6.45) is 0. The molecule has 0 saturated heterocycles. The van der Waals surface area contributed by atoms with Gasteiger partial charge in [-0.05, 0) is 40.3 Å². The number of tetrazole rings is 1. The van der Waals surface area contributed by atoms with Gasteiger partial charge < -0.3 is 0 Å². The highest BCUT2D eigenvalue weighted by molar-refractivity contribution is 9.10. The molecule has 0 radical (unpaired) electrons. The number of aromatic nitrogens is 4. The molecule has 0 aliphatic heterocycles. The van der Waals surface area contributed by atoms with Gasteiger partial charge in [0.15, 0.2) is 0 Å². The summed E-state index contributed by atoms with van der Waals surface area (Å²) in [6, 6.07) is 4.27. The van der Waals surface area contributed by atoms with Gasteiger partial charge in [0, 0.05) is 10.5 Å². The van der Waals surface area contributed by atoms with Crippen LogP contribution >= 0.6 is 28.1 Å². The van der Waals surface area contributed by atoms with Gasteiger partial charge in [0.2, 0.25) is 4.77 Å². The average molecular weight is 275 g/mol. The Hall–Kier alpha value is -1.08. The number of nitrogens with one attached hydrogen (secondary N) is 1. The second kappa shape index (κ2) is 3.58. The highest BCUT2D eigenvalue weighted by Crippen LogP contribution is 2.20. The summed E-state index contributed by atoms with van der Waals surface area (Å²) in [5.41, 5.74) is 0.542. The molecule has 0 unspecified atom stereocenters. The molecule has 0 saturated carbocycles. The van der Waals surface area contributed by atoms with Crippen LogP contribution in [0.5, 0.6) is 0 Å². The van der Waals surface area contributed by atoms with Crippen LogP contribution in [0.3, 0.4) is 0 Å². The van der Waals surface area contributed by atoms with Crippen molar-refractivity contribution in [3.63, 3.8) is 0 Å². The first kappa shape index (κ1) is 9.47. The number of hydrogen-bond donors (Lipinski definition) is 1. The van der Waals surface area contributed by atoms with Gasteiger partial charge in [-0.3, -0.25) is 0 Å². The molecule has 0 amide bonds. The second-order valence-corrected chi connectivity index (χ2v) is 3.73. The maximum atomic E-state index is 12.9. The average Bonchev–Trinajstić information content (AvgIpc) is 2.56. The van der Waals surface area contributed by atoms with E-state index in [1.807, 2.05) is 0 Å². The molecular weight excluding hydrogens is 271 g/mol. The van der Waals surface area contributed by atoms with E-state index in [2.05, 4.69) is 31.5 Å². The second-order valence-electron chi connectivity index (χ2n) is 2.51. The highest BCUT2D eigenvalue weighted by Gasteiger charge is 2.05. The third kappa shape index (κ3) is 1.60. The van der Waals surface area contributed by atoms with Crippen LogP contribution in [-0.2, 0) is 0 Å². The molecule has 4 nitrogen and oxygen atoms in total. The molecular formula is C7H4BrFN4S. The summed E-state index contributed by atoms with van der Waals surface area (Å²) in [5, 5.41) is 9.65. The largest absolute Gasteiger partial charge is 0.242 e. The van der Waals surface area contributed by atoms with Crippen LogP contribution in [0, 0.1) is 10.6 Å². The summed E-state index contributed by atoms with van der Waals surface area (Å²) in [7, 11) is 0. The standard InChI is InChI=1S/C7H4BrFN4S/c8-5-2-1-4(9)3-6(5)13-7(14)10-11-12-13/h1-3H,(H,10,12,14). The predicted octanol–water partition coefficient (Wildman–Crippen LogP) is 2.23. The molecule has 0 bridgehead atoms. The van der Waals surface area contributed by atoms with Crippen LogP contribution in [0.1, 0.15) is 0 Å². The number of halogens is 2. The number of benzene rings is 1. The topological polar surface area (TPSA) is 46.5 Å². The molecule has 0 atom stereocenters. The fraction of sp³-hybridized carbons (Fsp3) is 0. The Kier molecular flexibility index (Phi) is 2.42. The van der Waals surface area contributed by atoms with Crippen molar-refractivity contribution in [1.29, 1.82) is 0 Å². The summed E-state index contributed by atoms with van der Waals surface area (Å²) in [4.78, 5) is 0. The number of rotatable bonds is 1. The Morgan fingerprint density at radius 3 is 2.93 bits per heavy atom. The van der Waals surface area contributed by atoms with E-state index in [9.17, 15) is 4.39 Å². The molecule has 1 aromatic carbocycles. The lowest BCUT2D eigenvalue weighted by molar-refractivity contribution is 0.624. The lowest BCUT2D eigenvalue weighted by Gasteiger charge is -2.03. The minimum atomic E-state index is -0.347. The lowest BCUT2D eigenvalue weighted by atomic mass is 10.3. The van der Waals surface area contributed by atoms with Gasteiger partial charge >= 0.3 is 0 Å². The molecule has 2 aromatic rings. The van der Waals surface area contributed by atoms with Crippen molar-refractivity contribution in [2.75, 3.05) is 0 Å². The molecule has 72 valence electrons. The van der Waals surface area contributed by atoms with E-state index >= 15 is 0 Å². The van der Waals surface area contributed by atoms with Crippen LogP contribution < -0.4 is 0 Å². The number of nitrogens with zero attached hydrogens (tertiary/aromatic N) is 3. The molecule has 0 spiro atoms. The maximum absolute atomic E-state index is 12.9. The molecule has 0 fully saturated rings. The van der Waals surface area contributed by atoms with E-state index in [0.29, 0.717) is 10.2 Å². The minimum Gasteiger partial charge on any atom is -0.208 e. The van der Waals surface area contributed by atoms with Crippen molar-refractivity contribution in [1.82, 2.24) is 20.2 Å². The minimum absolute atomic E-state index is 0.247. The van der Waals surface area contributed by atoms with Gasteiger partial charge in [0.05, 0.1) is 5.69 Å². The summed E-state index contributed by atoms with van der Waals surface area (Å²) >= 11 is 8.16. The lowest BCUT2D eigenvalue weighted by Crippen LogP contribution is -1.98. The van der Waals surface area contributed by atoms with Crippen LogP contribution in [0.15, 0.2) is 22.7 Å². The van der Waals surface area contributed by atoms with Crippen molar-refractivity contribution < 1.29 is 4.39 Å². The van der Waals surface area contributed by atoms with Crippen molar-refractivity contribution >= 4 is 28.1 Å². The first-order valence-electron chi connectivity index (χ1n) is 3.64. The third-order valence-electron chi connectivity index (χ3n) is 1.62. The fourth-order valence-electron chi connectivity index (χ4n) is 1.01. The first-order chi connectivity index (χ1) is 6.68. The van der Waals surface area contributed by atoms with E-state index in [4.69, 9.17) is 12.2 Å². The van der Waals surface area contributed by atoms with Crippen molar-refractivity contribution in [2.24, 2.45) is 0 Å². The van der Waals surface area contributed by atoms with E-state index in [0.717, 1.165) is 0 Å². The molecule has 0 aliphatic carbocycles. The van der Waals surface area contributed by atoms with Crippen molar-refractivity contribution in [3.8, 4) is 5.69 Å². The summed E-state index contributed by atoms with van der Waals surface area (Å²) in [6.45, 7) is 0. The summed E-state index contributed by atoms with van der Waals surface area (Å²) in [5.74, 6) is -0.347. The van der Waals surface area contributed by atoms with Crippen LogP contribution in [0.4, 0.5) is 4.39 Å². The van der Waals surface area contributed by atoms with Crippen LogP contribution in [0.2, 0.25) is 0 Å². The van der Waals surface area contributed by atoms with Gasteiger partial charge in [-0.25, -0.2) is 9.07 Å².